The summed E-state index contributed by atoms with van der Waals surface area (Å²) in [5.74, 6) is 0.874. The van der Waals surface area contributed by atoms with Crippen molar-refractivity contribution < 1.29 is 24.1 Å². The third kappa shape index (κ3) is 6.03. The fourth-order valence-corrected chi connectivity index (χ4v) is 3.65. The Morgan fingerprint density at radius 2 is 1.90 bits per heavy atom. The fourth-order valence-electron chi connectivity index (χ4n) is 2.76. The van der Waals surface area contributed by atoms with Crippen LogP contribution >= 0.6 is 11.8 Å². The largest absolute Gasteiger partial charge is 0.497 e. The number of methoxy groups -OCH3 is 1. The molecule has 1 aromatic heterocycles. The molecule has 0 aliphatic heterocycles. The molecule has 2 aromatic carbocycles. The third-order valence-corrected chi connectivity index (χ3v) is 5.46. The lowest BCUT2D eigenvalue weighted by Crippen LogP contribution is -2.26. The van der Waals surface area contributed by atoms with Crippen LogP contribution in [-0.2, 0) is 6.42 Å². The Labute approximate surface area is 183 Å². The van der Waals surface area contributed by atoms with Gasteiger partial charge in [-0.2, -0.15) is 0 Å². The van der Waals surface area contributed by atoms with Crippen molar-refractivity contribution in [2.24, 2.45) is 0 Å². The van der Waals surface area contributed by atoms with Gasteiger partial charge in [-0.3, -0.25) is 9.36 Å². The molecule has 1 heterocycles. The zero-order valence-electron chi connectivity index (χ0n) is 16.9. The van der Waals surface area contributed by atoms with Crippen LogP contribution in [0.1, 0.15) is 16.2 Å². The molecule has 1 unspecified atom stereocenters. The van der Waals surface area contributed by atoms with Crippen molar-refractivity contribution in [2.45, 2.75) is 17.7 Å². The van der Waals surface area contributed by atoms with Crippen molar-refractivity contribution in [3.63, 3.8) is 0 Å². The number of thioether (sulfide) groups is 1. The van der Waals surface area contributed by atoms with Crippen LogP contribution in [0, 0.1) is 5.82 Å². The van der Waals surface area contributed by atoms with Crippen molar-refractivity contribution in [3.05, 3.63) is 65.7 Å². The van der Waals surface area contributed by atoms with E-state index in [1.165, 1.54) is 23.9 Å². The second-order valence-electron chi connectivity index (χ2n) is 6.59. The average molecular weight is 447 g/mol. The van der Waals surface area contributed by atoms with Gasteiger partial charge >= 0.3 is 0 Å². The summed E-state index contributed by atoms with van der Waals surface area (Å²) < 4.78 is 20.2. The SMILES string of the molecule is COc1ccc(C(=O)NCCc2nnc(SCC(O)CO)n2-c2ccc(F)cc2)cc1. The van der Waals surface area contributed by atoms with E-state index in [0.29, 0.717) is 40.9 Å². The minimum Gasteiger partial charge on any atom is -0.497 e. The number of rotatable bonds is 10. The number of benzene rings is 2. The van der Waals surface area contributed by atoms with E-state index >= 15 is 0 Å². The zero-order chi connectivity index (χ0) is 22.2. The standard InChI is InChI=1S/C21H23FN4O4S/c1-30-18-8-2-14(3-9-18)20(29)23-11-10-19-24-25-21(31-13-17(28)12-27)26(19)16-6-4-15(22)5-7-16/h2-9,17,27-28H,10-13H2,1H3,(H,23,29). The summed E-state index contributed by atoms with van der Waals surface area (Å²) >= 11 is 1.23. The number of amides is 1. The Bertz CT molecular complexity index is 996. The number of nitrogens with zero attached hydrogens (tertiary/aromatic N) is 3. The van der Waals surface area contributed by atoms with E-state index in [2.05, 4.69) is 15.5 Å². The first-order valence-electron chi connectivity index (χ1n) is 9.56. The maximum atomic E-state index is 13.4. The highest BCUT2D eigenvalue weighted by Gasteiger charge is 2.16. The molecule has 0 radical (unpaired) electrons. The molecule has 0 fully saturated rings. The van der Waals surface area contributed by atoms with Crippen molar-refractivity contribution in [3.8, 4) is 11.4 Å². The number of hydrogen-bond donors (Lipinski definition) is 3. The van der Waals surface area contributed by atoms with Crippen LogP contribution in [0.4, 0.5) is 4.39 Å². The molecule has 0 spiro atoms. The van der Waals surface area contributed by atoms with E-state index in [-0.39, 0.29) is 24.1 Å². The van der Waals surface area contributed by atoms with Gasteiger partial charge in [0.15, 0.2) is 5.16 Å². The molecule has 1 amide bonds. The maximum absolute atomic E-state index is 13.4. The second-order valence-corrected chi connectivity index (χ2v) is 7.58. The van der Waals surface area contributed by atoms with Crippen molar-refractivity contribution in [1.29, 1.82) is 0 Å². The van der Waals surface area contributed by atoms with Gasteiger partial charge < -0.3 is 20.3 Å². The molecule has 3 aromatic rings. The summed E-state index contributed by atoms with van der Waals surface area (Å²) in [6.45, 7) is -0.0456. The lowest BCUT2D eigenvalue weighted by molar-refractivity contribution is 0.0954. The van der Waals surface area contributed by atoms with E-state index in [4.69, 9.17) is 9.84 Å². The Balaban J connectivity index is 1.71. The Kier molecular flexibility index (Phi) is 7.99. The lowest BCUT2D eigenvalue weighted by atomic mass is 10.2. The minimum absolute atomic E-state index is 0.226. The number of aromatic nitrogens is 3. The van der Waals surface area contributed by atoms with E-state index in [1.807, 2.05) is 0 Å². The van der Waals surface area contributed by atoms with Gasteiger partial charge in [0, 0.05) is 30.0 Å². The molecule has 0 saturated heterocycles. The molecule has 10 heteroatoms. The molecule has 0 saturated carbocycles. The number of hydrogen-bond acceptors (Lipinski definition) is 7. The average Bonchev–Trinajstić information content (AvgIpc) is 3.20. The summed E-state index contributed by atoms with van der Waals surface area (Å²) in [6, 6.07) is 12.7. The quantitative estimate of drug-likeness (QED) is 0.408. The molecule has 31 heavy (non-hydrogen) atoms. The minimum atomic E-state index is -0.893. The van der Waals surface area contributed by atoms with Crippen LogP contribution in [0.3, 0.4) is 0 Å². The third-order valence-electron chi connectivity index (χ3n) is 4.39. The molecule has 8 nitrogen and oxygen atoms in total. The normalized spacial score (nSPS) is 11.9. The summed E-state index contributed by atoms with van der Waals surface area (Å²) in [7, 11) is 1.56. The first kappa shape index (κ1) is 22.7. The smallest absolute Gasteiger partial charge is 0.251 e. The van der Waals surface area contributed by atoms with Crippen molar-refractivity contribution in [2.75, 3.05) is 26.0 Å². The maximum Gasteiger partial charge on any atom is 0.251 e. The van der Waals surface area contributed by atoms with E-state index in [1.54, 1.807) is 48.1 Å². The number of ether oxygens (including phenoxy) is 1. The first-order valence-corrected chi connectivity index (χ1v) is 10.5. The topological polar surface area (TPSA) is 110 Å². The van der Waals surface area contributed by atoms with E-state index < -0.39 is 6.10 Å². The van der Waals surface area contributed by atoms with E-state index in [0.717, 1.165) is 0 Å². The van der Waals surface area contributed by atoms with Gasteiger partial charge in [0.1, 0.15) is 17.4 Å². The fraction of sp³-hybridized carbons (Fsp3) is 0.286. The van der Waals surface area contributed by atoms with Crippen LogP contribution in [0.15, 0.2) is 53.7 Å². The summed E-state index contributed by atoms with van der Waals surface area (Å²) in [5.41, 5.74) is 1.17. The van der Waals surface area contributed by atoms with Gasteiger partial charge in [-0.25, -0.2) is 4.39 Å². The van der Waals surface area contributed by atoms with Gasteiger partial charge in [0.05, 0.1) is 19.8 Å². The molecule has 0 bridgehead atoms. The number of halogens is 1. The summed E-state index contributed by atoms with van der Waals surface area (Å²) in [5, 5.41) is 30.4. The van der Waals surface area contributed by atoms with Crippen LogP contribution in [0.25, 0.3) is 5.69 Å². The number of nitrogens with one attached hydrogen (secondary N) is 1. The Morgan fingerprint density at radius 3 is 2.55 bits per heavy atom. The molecule has 0 aliphatic rings. The zero-order valence-corrected chi connectivity index (χ0v) is 17.7. The molecule has 0 aliphatic carbocycles. The van der Waals surface area contributed by atoms with E-state index in [9.17, 15) is 14.3 Å². The first-order chi connectivity index (χ1) is 15.0. The van der Waals surface area contributed by atoms with Crippen molar-refractivity contribution in [1.82, 2.24) is 20.1 Å². The predicted octanol–water partition coefficient (Wildman–Crippen LogP) is 1.83. The highest BCUT2D eigenvalue weighted by Crippen LogP contribution is 2.23. The summed E-state index contributed by atoms with van der Waals surface area (Å²) in [6.07, 6.45) is -0.509. The van der Waals surface area contributed by atoms with Crippen LogP contribution in [0.2, 0.25) is 0 Å². The highest BCUT2D eigenvalue weighted by molar-refractivity contribution is 7.99. The number of aliphatic hydroxyl groups is 2. The van der Waals surface area contributed by atoms with Gasteiger partial charge in [-0.1, -0.05) is 11.8 Å². The number of carbonyl (C=O) groups excluding carboxylic acids is 1. The van der Waals surface area contributed by atoms with Gasteiger partial charge in [0.2, 0.25) is 0 Å². The van der Waals surface area contributed by atoms with Crippen molar-refractivity contribution >= 4 is 17.7 Å². The molecule has 3 rings (SSSR count). The monoisotopic (exact) mass is 446 g/mol. The van der Waals surface area contributed by atoms with Gasteiger partial charge in [-0.05, 0) is 48.5 Å². The van der Waals surface area contributed by atoms with Crippen LogP contribution in [-0.4, -0.2) is 63.0 Å². The van der Waals surface area contributed by atoms with Crippen LogP contribution < -0.4 is 10.1 Å². The molecular weight excluding hydrogens is 423 g/mol. The van der Waals surface area contributed by atoms with Gasteiger partial charge in [0.25, 0.3) is 5.91 Å². The van der Waals surface area contributed by atoms with Gasteiger partial charge in [-0.15, -0.1) is 10.2 Å². The second kappa shape index (κ2) is 10.9. The summed E-state index contributed by atoms with van der Waals surface area (Å²) in [4.78, 5) is 12.4. The predicted molar refractivity (Wildman–Crippen MR) is 114 cm³/mol. The van der Waals surface area contributed by atoms with Crippen LogP contribution in [0.5, 0.6) is 5.75 Å². The molecule has 1 atom stereocenters. The molecule has 164 valence electrons. The molecular formula is C21H23FN4O4S. The Morgan fingerprint density at radius 1 is 1.19 bits per heavy atom. The highest BCUT2D eigenvalue weighted by atomic mass is 32.2. The molecule has 3 N–H and O–H groups in total. The number of aliphatic hydroxyl groups excluding tert-OH is 2. The lowest BCUT2D eigenvalue weighted by Gasteiger charge is -2.12. The Hall–Kier alpha value is -2.95. The number of carbonyl (C=O) groups is 1.